The summed E-state index contributed by atoms with van der Waals surface area (Å²) < 4.78 is 11.8. The smallest absolute Gasteiger partial charge is 0.183 e. The van der Waals surface area contributed by atoms with E-state index in [1.807, 2.05) is 29.6 Å². The van der Waals surface area contributed by atoms with Gasteiger partial charge in [-0.15, -0.1) is 11.3 Å². The highest BCUT2D eigenvalue weighted by molar-refractivity contribution is 7.14. The summed E-state index contributed by atoms with van der Waals surface area (Å²) in [6.45, 7) is 4.71. The molecule has 0 aliphatic carbocycles. The molecule has 1 aromatic carbocycles. The molecule has 328 valence electrons. The number of hydrogen-bond acceptors (Lipinski definition) is 11. The molecule has 7 N–H and O–H groups in total. The van der Waals surface area contributed by atoms with E-state index < -0.39 is 55.4 Å². The average Bonchev–Trinajstić information content (AvgIpc) is 3.70. The number of nitrogens with one attached hydrogen (secondary N) is 1. The second-order valence-corrected chi connectivity index (χ2v) is 17.4. The minimum atomic E-state index is -1.47. The molecular weight excluding hydrogens is 741 g/mol. The van der Waals surface area contributed by atoms with Crippen LogP contribution in [0.3, 0.4) is 0 Å². The van der Waals surface area contributed by atoms with Crippen molar-refractivity contribution in [2.45, 2.75) is 223 Å². The molecule has 0 saturated carbocycles. The van der Waals surface area contributed by atoms with Gasteiger partial charge in [0.25, 0.3) is 0 Å². The Morgan fingerprint density at radius 1 is 0.667 bits per heavy atom. The van der Waals surface area contributed by atoms with Crippen LogP contribution in [-0.4, -0.2) is 97.6 Å². The van der Waals surface area contributed by atoms with Crippen LogP contribution >= 0.6 is 11.3 Å². The summed E-state index contributed by atoms with van der Waals surface area (Å²) in [6, 6.07) is 7.30. The van der Waals surface area contributed by atoms with Crippen LogP contribution in [0.1, 0.15) is 174 Å². The normalized spacial score (nSPS) is 21.4. The summed E-state index contributed by atoms with van der Waals surface area (Å²) >= 11 is 1.41. The largest absolute Gasteiger partial charge is 0.494 e. The number of thiazole rings is 1. The van der Waals surface area contributed by atoms with Crippen molar-refractivity contribution in [3.05, 3.63) is 29.6 Å². The number of aliphatic hydroxyl groups is 6. The number of ether oxygens (including phenoxy) is 2. The lowest BCUT2D eigenvalue weighted by Gasteiger charge is -2.40. The molecule has 11 heteroatoms. The first-order valence-corrected chi connectivity index (χ1v) is 23.8. The van der Waals surface area contributed by atoms with Gasteiger partial charge in [0, 0.05) is 10.9 Å². The third kappa shape index (κ3) is 19.4. The Labute approximate surface area is 348 Å². The van der Waals surface area contributed by atoms with Crippen LogP contribution in [0.25, 0.3) is 11.3 Å². The number of unbranched alkanes of at least 4 members (excludes halogenated alkanes) is 20. The summed E-state index contributed by atoms with van der Waals surface area (Å²) in [5, 5.41) is 69.4. The predicted molar refractivity (Wildman–Crippen MR) is 233 cm³/mol. The zero-order chi connectivity index (χ0) is 41.1. The summed E-state index contributed by atoms with van der Waals surface area (Å²) in [6.07, 6.45) is 20.3. The highest BCUT2D eigenvalue weighted by atomic mass is 32.1. The molecule has 1 aliphatic heterocycles. The zero-order valence-corrected chi connectivity index (χ0v) is 36.3. The minimum absolute atomic E-state index is 0.209. The minimum Gasteiger partial charge on any atom is -0.494 e. The second-order valence-electron chi connectivity index (χ2n) is 16.5. The van der Waals surface area contributed by atoms with Crippen molar-refractivity contribution in [3.63, 3.8) is 0 Å². The van der Waals surface area contributed by atoms with Gasteiger partial charge in [0.15, 0.2) is 5.13 Å². The number of aliphatic hydroxyl groups excluding tert-OH is 6. The third-order valence-electron chi connectivity index (χ3n) is 11.6. The van der Waals surface area contributed by atoms with Crippen molar-refractivity contribution in [2.24, 2.45) is 0 Å². The number of benzene rings is 1. The van der Waals surface area contributed by atoms with Gasteiger partial charge in [-0.25, -0.2) is 4.98 Å². The number of aromatic nitrogens is 1. The molecule has 2 aromatic rings. The van der Waals surface area contributed by atoms with Gasteiger partial charge >= 0.3 is 0 Å². The standard InChI is InChI=1S/C46H80N2O8S/c1-3-5-7-9-11-13-15-16-17-19-21-23-25-39(50)42(51)37(30-31-40-43(52)45(54)44(53)41(33-49)56-40)47-46-48-38(34-57-46)35-26-28-36(29-27-35)55-32-24-22-20-18-14-12-10-8-6-4-2/h26-29,34,37,39-45,49-54H,3-25,30-33H2,1-2H3,(H,47,48)/t37-,39+,40+,41+,42-,43-,44-,45+/m0/s1. The van der Waals surface area contributed by atoms with E-state index in [9.17, 15) is 30.6 Å². The van der Waals surface area contributed by atoms with Crippen molar-refractivity contribution in [2.75, 3.05) is 18.5 Å². The SMILES string of the molecule is CCCCCCCCCCCCCC[C@@H](O)[C@@H](O)[C@H](CC[C@H]1O[C@H](CO)[C@H](O)[C@H](O)[C@H]1O)Nc1nc(-c2ccc(OCCCCCCCCCCCC)cc2)cs1. The van der Waals surface area contributed by atoms with Gasteiger partial charge in [0.1, 0.15) is 30.2 Å². The maximum Gasteiger partial charge on any atom is 0.183 e. The molecule has 0 bridgehead atoms. The molecule has 10 nitrogen and oxygen atoms in total. The van der Waals surface area contributed by atoms with E-state index in [1.165, 1.54) is 127 Å². The fourth-order valence-electron chi connectivity index (χ4n) is 7.86. The first-order valence-electron chi connectivity index (χ1n) is 22.9. The highest BCUT2D eigenvalue weighted by Gasteiger charge is 2.43. The maximum atomic E-state index is 11.5. The van der Waals surface area contributed by atoms with E-state index in [0.29, 0.717) is 18.2 Å². The summed E-state index contributed by atoms with van der Waals surface area (Å²) in [7, 11) is 0. The first-order chi connectivity index (χ1) is 27.8. The number of nitrogens with zero attached hydrogens (tertiary/aromatic N) is 1. The predicted octanol–water partition coefficient (Wildman–Crippen LogP) is 9.33. The first kappa shape index (κ1) is 49.5. The summed E-state index contributed by atoms with van der Waals surface area (Å²) in [5.41, 5.74) is 1.72. The Bertz CT molecular complexity index is 1250. The van der Waals surface area contributed by atoms with Crippen molar-refractivity contribution in [1.29, 1.82) is 0 Å². The van der Waals surface area contributed by atoms with Gasteiger partial charge in [-0.1, -0.05) is 149 Å². The van der Waals surface area contributed by atoms with E-state index in [0.717, 1.165) is 42.7 Å². The Morgan fingerprint density at radius 3 is 1.72 bits per heavy atom. The van der Waals surface area contributed by atoms with Crippen LogP contribution in [-0.2, 0) is 4.74 Å². The van der Waals surface area contributed by atoms with Gasteiger partial charge in [0.05, 0.1) is 43.3 Å². The summed E-state index contributed by atoms with van der Waals surface area (Å²) in [5.74, 6) is 0.835. The maximum absolute atomic E-state index is 11.5. The Morgan fingerprint density at radius 2 is 1.18 bits per heavy atom. The monoisotopic (exact) mass is 821 g/mol. The molecule has 2 heterocycles. The van der Waals surface area contributed by atoms with E-state index in [1.54, 1.807) is 0 Å². The Kier molecular flexibility index (Phi) is 26.3. The molecule has 0 amide bonds. The lowest BCUT2D eigenvalue weighted by molar-refractivity contribution is -0.230. The van der Waals surface area contributed by atoms with Crippen molar-refractivity contribution >= 4 is 16.5 Å². The van der Waals surface area contributed by atoms with Crippen LogP contribution in [0.4, 0.5) is 5.13 Å². The molecule has 1 aliphatic rings. The zero-order valence-electron chi connectivity index (χ0n) is 35.5. The average molecular weight is 821 g/mol. The van der Waals surface area contributed by atoms with Gasteiger partial charge in [-0.05, 0) is 49.9 Å². The molecule has 1 fully saturated rings. The quantitative estimate of drug-likeness (QED) is 0.0339. The van der Waals surface area contributed by atoms with Crippen molar-refractivity contribution in [3.8, 4) is 17.0 Å². The van der Waals surface area contributed by atoms with Crippen molar-refractivity contribution in [1.82, 2.24) is 4.98 Å². The fourth-order valence-corrected chi connectivity index (χ4v) is 8.64. The second kappa shape index (κ2) is 30.2. The van der Waals surface area contributed by atoms with Gasteiger partial charge < -0.3 is 45.4 Å². The highest BCUT2D eigenvalue weighted by Crippen LogP contribution is 2.30. The van der Waals surface area contributed by atoms with E-state index >= 15 is 0 Å². The number of hydrogen-bond donors (Lipinski definition) is 7. The Balaban J connectivity index is 1.48. The molecule has 1 aromatic heterocycles. The number of anilines is 1. The molecule has 0 radical (unpaired) electrons. The number of rotatable bonds is 34. The fraction of sp³-hybridized carbons (Fsp3) is 0.804. The van der Waals surface area contributed by atoms with Crippen LogP contribution < -0.4 is 10.1 Å². The van der Waals surface area contributed by atoms with Crippen LogP contribution in [0.15, 0.2) is 29.6 Å². The molecule has 3 rings (SSSR count). The van der Waals surface area contributed by atoms with Gasteiger partial charge in [-0.2, -0.15) is 0 Å². The molecule has 0 unspecified atom stereocenters. The molecule has 8 atom stereocenters. The van der Waals surface area contributed by atoms with Crippen molar-refractivity contribution < 1.29 is 40.1 Å². The summed E-state index contributed by atoms with van der Waals surface area (Å²) in [4.78, 5) is 4.80. The van der Waals surface area contributed by atoms with Crippen LogP contribution in [0.5, 0.6) is 5.75 Å². The van der Waals surface area contributed by atoms with Crippen LogP contribution in [0, 0.1) is 0 Å². The molecule has 1 saturated heterocycles. The molecule has 0 spiro atoms. The Hall–Kier alpha value is -1.83. The van der Waals surface area contributed by atoms with E-state index in [4.69, 9.17) is 14.5 Å². The van der Waals surface area contributed by atoms with Gasteiger partial charge in [-0.3, -0.25) is 0 Å². The lowest BCUT2D eigenvalue weighted by atomic mass is 9.90. The molecule has 57 heavy (non-hydrogen) atoms. The van der Waals surface area contributed by atoms with E-state index in [-0.39, 0.29) is 12.8 Å². The van der Waals surface area contributed by atoms with E-state index in [2.05, 4.69) is 19.2 Å². The van der Waals surface area contributed by atoms with Crippen LogP contribution in [0.2, 0.25) is 0 Å². The topological polar surface area (TPSA) is 165 Å². The third-order valence-corrected chi connectivity index (χ3v) is 12.4. The molecular formula is C46H80N2O8S. The van der Waals surface area contributed by atoms with Gasteiger partial charge in [0.2, 0.25) is 0 Å². The lowest BCUT2D eigenvalue weighted by Crippen LogP contribution is -2.58.